The van der Waals surface area contributed by atoms with E-state index in [2.05, 4.69) is 4.90 Å². The summed E-state index contributed by atoms with van der Waals surface area (Å²) in [5.41, 5.74) is 1.19. The molecule has 2 heterocycles. The van der Waals surface area contributed by atoms with Crippen molar-refractivity contribution in [1.82, 2.24) is 9.21 Å². The number of nitriles is 1. The van der Waals surface area contributed by atoms with Gasteiger partial charge < -0.3 is 0 Å². The average Bonchev–Trinajstić information content (AvgIpc) is 2.94. The van der Waals surface area contributed by atoms with Crippen molar-refractivity contribution in [3.63, 3.8) is 0 Å². The summed E-state index contributed by atoms with van der Waals surface area (Å²) in [7, 11) is -3.30. The van der Waals surface area contributed by atoms with Crippen LogP contribution in [0.2, 0.25) is 0 Å². The summed E-state index contributed by atoms with van der Waals surface area (Å²) >= 11 is 0. The van der Waals surface area contributed by atoms with E-state index in [1.807, 2.05) is 6.07 Å². The number of benzene rings is 1. The lowest BCUT2D eigenvalue weighted by Gasteiger charge is -2.36. The van der Waals surface area contributed by atoms with Gasteiger partial charge in [0.15, 0.2) is 0 Å². The van der Waals surface area contributed by atoms with Crippen LogP contribution < -0.4 is 0 Å². The van der Waals surface area contributed by atoms with Crippen LogP contribution in [0.1, 0.15) is 24.0 Å². The number of nitrogens with zero attached hydrogens (tertiary/aromatic N) is 3. The Morgan fingerprint density at radius 1 is 1.29 bits per heavy atom. The molecule has 0 aliphatic carbocycles. The van der Waals surface area contributed by atoms with Crippen molar-refractivity contribution in [2.24, 2.45) is 0 Å². The van der Waals surface area contributed by atoms with Gasteiger partial charge in [0.25, 0.3) is 0 Å². The van der Waals surface area contributed by atoms with Gasteiger partial charge in [0, 0.05) is 25.7 Å². The largest absolute Gasteiger partial charge is 0.298 e. The van der Waals surface area contributed by atoms with Crippen LogP contribution in [0.4, 0.5) is 0 Å². The second kappa shape index (κ2) is 5.76. The topological polar surface area (TPSA) is 64.4 Å². The Hall–Kier alpha value is -1.42. The Bertz CT molecular complexity index is 666. The molecule has 3 rings (SSSR count). The van der Waals surface area contributed by atoms with E-state index in [1.54, 1.807) is 28.6 Å². The molecular weight excluding hydrogens is 286 g/mol. The van der Waals surface area contributed by atoms with Gasteiger partial charge in [0.2, 0.25) is 10.0 Å². The van der Waals surface area contributed by atoms with E-state index < -0.39 is 10.0 Å². The van der Waals surface area contributed by atoms with E-state index >= 15 is 0 Å². The van der Waals surface area contributed by atoms with Gasteiger partial charge in [-0.3, -0.25) is 4.90 Å². The highest BCUT2D eigenvalue weighted by Crippen LogP contribution is 2.24. The minimum atomic E-state index is -3.30. The van der Waals surface area contributed by atoms with E-state index in [0.29, 0.717) is 30.3 Å². The number of sulfonamides is 1. The number of fused-ring (bicyclic) bond motifs is 1. The van der Waals surface area contributed by atoms with Crippen molar-refractivity contribution < 1.29 is 8.42 Å². The van der Waals surface area contributed by atoms with Gasteiger partial charge in [-0.15, -0.1) is 0 Å². The van der Waals surface area contributed by atoms with Crippen LogP contribution in [0, 0.1) is 11.3 Å². The summed E-state index contributed by atoms with van der Waals surface area (Å²) in [6.07, 6.45) is 2.26. The van der Waals surface area contributed by atoms with Crippen molar-refractivity contribution in [3.05, 3.63) is 35.4 Å². The van der Waals surface area contributed by atoms with E-state index in [4.69, 9.17) is 5.26 Å². The molecule has 2 fully saturated rings. The number of hydrogen-bond donors (Lipinski definition) is 0. The fourth-order valence-electron chi connectivity index (χ4n) is 3.25. The molecule has 0 spiro atoms. The summed E-state index contributed by atoms with van der Waals surface area (Å²) in [6, 6.07) is 9.28. The van der Waals surface area contributed by atoms with Gasteiger partial charge in [-0.25, -0.2) is 8.42 Å². The highest BCUT2D eigenvalue weighted by Gasteiger charge is 2.35. The first-order valence-corrected chi connectivity index (χ1v) is 8.90. The van der Waals surface area contributed by atoms with Gasteiger partial charge in [-0.05, 0) is 37.1 Å². The maximum atomic E-state index is 12.6. The Kier molecular flexibility index (Phi) is 3.98. The molecule has 0 aromatic heterocycles. The highest BCUT2D eigenvalue weighted by atomic mass is 32.2. The monoisotopic (exact) mass is 305 g/mol. The number of piperazine rings is 1. The number of hydrogen-bond acceptors (Lipinski definition) is 4. The molecule has 1 aromatic rings. The molecule has 2 aliphatic heterocycles. The third-order valence-electron chi connectivity index (χ3n) is 4.35. The Labute approximate surface area is 125 Å². The Morgan fingerprint density at radius 3 is 2.95 bits per heavy atom. The maximum Gasteiger partial charge on any atom is 0.218 e. The van der Waals surface area contributed by atoms with Crippen molar-refractivity contribution in [2.45, 2.75) is 24.6 Å². The van der Waals surface area contributed by atoms with Crippen LogP contribution in [0.3, 0.4) is 0 Å². The second-order valence-electron chi connectivity index (χ2n) is 5.76. The van der Waals surface area contributed by atoms with Crippen LogP contribution in [-0.4, -0.2) is 49.8 Å². The highest BCUT2D eigenvalue weighted by molar-refractivity contribution is 7.88. The number of rotatable bonds is 3. The minimum Gasteiger partial charge on any atom is -0.298 e. The standard InChI is InChI=1S/C15H19N3O2S/c16-10-13-3-1-4-14(9-13)12-21(19,20)18-8-7-17-6-2-5-15(17)11-18/h1,3-4,9,15H,2,5-8,11-12H2/t15-/m0/s1. The van der Waals surface area contributed by atoms with Crippen molar-refractivity contribution in [2.75, 3.05) is 26.2 Å². The normalized spacial score (nSPS) is 23.7. The summed E-state index contributed by atoms with van der Waals surface area (Å²) in [4.78, 5) is 2.39. The van der Waals surface area contributed by atoms with Gasteiger partial charge in [0.1, 0.15) is 0 Å². The van der Waals surface area contributed by atoms with E-state index in [0.717, 1.165) is 19.5 Å². The minimum absolute atomic E-state index is 0.0186. The van der Waals surface area contributed by atoms with Crippen molar-refractivity contribution >= 4 is 10.0 Å². The molecule has 6 heteroatoms. The molecule has 0 N–H and O–H groups in total. The summed E-state index contributed by atoms with van der Waals surface area (Å²) in [6.45, 7) is 3.13. The molecule has 2 aliphatic rings. The molecule has 0 radical (unpaired) electrons. The predicted octanol–water partition coefficient (Wildman–Crippen LogP) is 1.17. The molecular formula is C15H19N3O2S. The van der Waals surface area contributed by atoms with Gasteiger partial charge in [-0.2, -0.15) is 9.57 Å². The summed E-state index contributed by atoms with van der Waals surface area (Å²) in [5, 5.41) is 8.90. The van der Waals surface area contributed by atoms with E-state index in [-0.39, 0.29) is 5.75 Å². The average molecular weight is 305 g/mol. The zero-order valence-electron chi connectivity index (χ0n) is 11.9. The summed E-state index contributed by atoms with van der Waals surface area (Å²) in [5.74, 6) is -0.0186. The maximum absolute atomic E-state index is 12.6. The molecule has 21 heavy (non-hydrogen) atoms. The molecule has 2 saturated heterocycles. The first kappa shape index (κ1) is 14.5. The quantitative estimate of drug-likeness (QED) is 0.841. The predicted molar refractivity (Wildman–Crippen MR) is 79.9 cm³/mol. The first-order valence-electron chi connectivity index (χ1n) is 7.29. The lowest BCUT2D eigenvalue weighted by atomic mass is 10.2. The Balaban J connectivity index is 1.73. The lowest BCUT2D eigenvalue weighted by Crippen LogP contribution is -2.52. The smallest absolute Gasteiger partial charge is 0.218 e. The van der Waals surface area contributed by atoms with Crippen LogP contribution in [0.25, 0.3) is 0 Å². The van der Waals surface area contributed by atoms with Gasteiger partial charge >= 0.3 is 0 Å². The van der Waals surface area contributed by atoms with Crippen LogP contribution in [0.5, 0.6) is 0 Å². The van der Waals surface area contributed by atoms with Crippen LogP contribution in [0.15, 0.2) is 24.3 Å². The third kappa shape index (κ3) is 3.10. The summed E-state index contributed by atoms with van der Waals surface area (Å²) < 4.78 is 26.8. The fourth-order valence-corrected chi connectivity index (χ4v) is 4.79. The molecule has 0 bridgehead atoms. The first-order chi connectivity index (χ1) is 10.1. The molecule has 1 atom stereocenters. The van der Waals surface area contributed by atoms with Crippen molar-refractivity contribution in [1.29, 1.82) is 5.26 Å². The molecule has 0 saturated carbocycles. The van der Waals surface area contributed by atoms with Crippen LogP contribution >= 0.6 is 0 Å². The second-order valence-corrected chi connectivity index (χ2v) is 7.73. The van der Waals surface area contributed by atoms with Crippen molar-refractivity contribution in [3.8, 4) is 6.07 Å². The molecule has 5 nitrogen and oxygen atoms in total. The van der Waals surface area contributed by atoms with E-state index in [1.165, 1.54) is 6.42 Å². The van der Waals surface area contributed by atoms with Gasteiger partial charge in [0.05, 0.1) is 17.4 Å². The zero-order valence-corrected chi connectivity index (χ0v) is 12.7. The lowest BCUT2D eigenvalue weighted by molar-refractivity contribution is 0.158. The fraction of sp³-hybridized carbons (Fsp3) is 0.533. The molecule has 0 amide bonds. The molecule has 112 valence electrons. The zero-order chi connectivity index (χ0) is 14.9. The van der Waals surface area contributed by atoms with Crippen LogP contribution in [-0.2, 0) is 15.8 Å². The Morgan fingerprint density at radius 2 is 2.14 bits per heavy atom. The SMILES string of the molecule is N#Cc1cccc(CS(=O)(=O)N2CCN3CCC[C@H]3C2)c1. The third-order valence-corrected chi connectivity index (χ3v) is 6.17. The van der Waals surface area contributed by atoms with Gasteiger partial charge in [-0.1, -0.05) is 12.1 Å². The molecule has 0 unspecified atom stereocenters. The van der Waals surface area contributed by atoms with E-state index in [9.17, 15) is 8.42 Å². The molecule has 1 aromatic carbocycles.